The number of allylic oxidation sites excluding steroid dienone is 1. The fourth-order valence-electron chi connectivity index (χ4n) is 3.14. The summed E-state index contributed by atoms with van der Waals surface area (Å²) in [7, 11) is -3.76. The number of hydrogen-bond donors (Lipinski definition) is 0. The van der Waals surface area contributed by atoms with Gasteiger partial charge in [-0.25, -0.2) is 8.42 Å². The zero-order valence-electron chi connectivity index (χ0n) is 10.3. The zero-order valence-corrected chi connectivity index (χ0v) is 11.1. The van der Waals surface area contributed by atoms with Crippen molar-refractivity contribution in [1.82, 2.24) is 0 Å². The van der Waals surface area contributed by atoms with E-state index in [4.69, 9.17) is 4.74 Å². The molecular weight excluding hydrogens is 264 g/mol. The van der Waals surface area contributed by atoms with E-state index in [0.29, 0.717) is 6.42 Å². The maximum atomic E-state index is 12.8. The van der Waals surface area contributed by atoms with Gasteiger partial charge in [-0.2, -0.15) is 0 Å². The van der Waals surface area contributed by atoms with E-state index in [1.54, 1.807) is 24.3 Å². The maximum Gasteiger partial charge on any atom is 0.328 e. The summed E-state index contributed by atoms with van der Waals surface area (Å²) in [6.45, 7) is 3.68. The summed E-state index contributed by atoms with van der Waals surface area (Å²) in [6, 6.07) is 8.08. The lowest BCUT2D eigenvalue weighted by molar-refractivity contribution is -0.147. The first-order valence-corrected chi connectivity index (χ1v) is 7.64. The second-order valence-electron chi connectivity index (χ2n) is 5.02. The third-order valence-corrected chi connectivity index (χ3v) is 6.57. The molecular formula is C14H14O4S. The van der Waals surface area contributed by atoms with E-state index in [1.807, 2.05) is 0 Å². The molecule has 3 atom stereocenters. The van der Waals surface area contributed by atoms with Crippen LogP contribution in [0.5, 0.6) is 0 Å². The highest BCUT2D eigenvalue weighted by molar-refractivity contribution is 7.93. The molecule has 0 amide bonds. The molecule has 1 aromatic carbocycles. The van der Waals surface area contributed by atoms with Crippen LogP contribution in [0.2, 0.25) is 0 Å². The molecule has 5 heteroatoms. The van der Waals surface area contributed by atoms with Gasteiger partial charge in [0.25, 0.3) is 0 Å². The molecule has 1 saturated carbocycles. The number of hydrogen-bond acceptors (Lipinski definition) is 4. The number of carbonyl (C=O) groups is 1. The number of benzene rings is 1. The predicted molar refractivity (Wildman–Crippen MR) is 69.2 cm³/mol. The van der Waals surface area contributed by atoms with Crippen LogP contribution in [0.25, 0.3) is 0 Å². The van der Waals surface area contributed by atoms with E-state index in [-0.39, 0.29) is 23.3 Å². The van der Waals surface area contributed by atoms with Crippen LogP contribution in [0.15, 0.2) is 47.9 Å². The summed E-state index contributed by atoms with van der Waals surface area (Å²) < 4.78 is 29.4. The van der Waals surface area contributed by atoms with Crippen molar-refractivity contribution in [2.75, 3.05) is 0 Å². The Labute approximate surface area is 112 Å². The first-order chi connectivity index (χ1) is 9.02. The minimum absolute atomic E-state index is 0.168. The Balaban J connectivity index is 2.19. The molecule has 0 spiro atoms. The first kappa shape index (κ1) is 12.4. The fourth-order valence-corrected chi connectivity index (χ4v) is 5.34. The number of fused-ring (bicyclic) bond motifs is 2. The lowest BCUT2D eigenvalue weighted by Crippen LogP contribution is -2.48. The number of sulfone groups is 1. The standard InChI is InChI=1S/C14H14O4S/c1-2-10-8-11-9-14(10,13(15)18-11)19(16,17)12-6-4-3-5-7-12/h2-7,10-11H,1,8-9H2/t10-,11+,14-/m0/s1. The molecule has 0 unspecified atom stereocenters. The molecule has 4 nitrogen and oxygen atoms in total. The minimum atomic E-state index is -3.76. The van der Waals surface area contributed by atoms with E-state index in [0.717, 1.165) is 0 Å². The smallest absolute Gasteiger partial charge is 0.328 e. The van der Waals surface area contributed by atoms with Crippen LogP contribution in [-0.2, 0) is 19.4 Å². The summed E-state index contributed by atoms with van der Waals surface area (Å²) in [4.78, 5) is 12.3. The predicted octanol–water partition coefficient (Wildman–Crippen LogP) is 1.72. The quantitative estimate of drug-likeness (QED) is 0.624. The Morgan fingerprint density at radius 3 is 2.58 bits per heavy atom. The van der Waals surface area contributed by atoms with Crippen LogP contribution in [0.3, 0.4) is 0 Å². The van der Waals surface area contributed by atoms with E-state index in [2.05, 4.69) is 6.58 Å². The van der Waals surface area contributed by atoms with E-state index < -0.39 is 20.6 Å². The lowest BCUT2D eigenvalue weighted by atomic mass is 9.95. The number of carbonyl (C=O) groups excluding carboxylic acids is 1. The molecule has 0 aromatic heterocycles. The summed E-state index contributed by atoms with van der Waals surface area (Å²) >= 11 is 0. The third-order valence-electron chi connectivity index (χ3n) is 4.08. The minimum Gasteiger partial charge on any atom is -0.461 e. The van der Waals surface area contributed by atoms with Crippen molar-refractivity contribution in [3.8, 4) is 0 Å². The maximum absolute atomic E-state index is 12.8. The van der Waals surface area contributed by atoms with Gasteiger partial charge in [0, 0.05) is 12.3 Å². The molecule has 1 aliphatic heterocycles. The van der Waals surface area contributed by atoms with Gasteiger partial charge < -0.3 is 4.74 Å². The molecule has 1 aromatic rings. The molecule has 1 aliphatic carbocycles. The average Bonchev–Trinajstić information content (AvgIpc) is 2.95. The van der Waals surface area contributed by atoms with Crippen molar-refractivity contribution in [3.63, 3.8) is 0 Å². The largest absolute Gasteiger partial charge is 0.461 e. The molecule has 19 heavy (non-hydrogen) atoms. The molecule has 0 N–H and O–H groups in total. The second kappa shape index (κ2) is 3.93. The van der Waals surface area contributed by atoms with Gasteiger partial charge in [-0.3, -0.25) is 4.79 Å². The molecule has 100 valence electrons. The Hall–Kier alpha value is -1.62. The summed E-state index contributed by atoms with van der Waals surface area (Å²) in [6.07, 6.45) is 2.05. The highest BCUT2D eigenvalue weighted by Crippen LogP contribution is 2.52. The summed E-state index contributed by atoms with van der Waals surface area (Å²) in [5, 5.41) is 0. The van der Waals surface area contributed by atoms with Gasteiger partial charge >= 0.3 is 5.97 Å². The Kier molecular flexibility index (Phi) is 2.57. The van der Waals surface area contributed by atoms with Gasteiger partial charge in [-0.1, -0.05) is 24.3 Å². The number of ether oxygens (including phenoxy) is 1. The van der Waals surface area contributed by atoms with Crippen molar-refractivity contribution < 1.29 is 17.9 Å². The average molecular weight is 278 g/mol. The Morgan fingerprint density at radius 2 is 2.00 bits per heavy atom. The highest BCUT2D eigenvalue weighted by Gasteiger charge is 2.67. The topological polar surface area (TPSA) is 60.4 Å². The highest BCUT2D eigenvalue weighted by atomic mass is 32.2. The molecule has 2 fully saturated rings. The van der Waals surface area contributed by atoms with Crippen LogP contribution in [-0.4, -0.2) is 25.2 Å². The van der Waals surface area contributed by atoms with E-state index in [1.165, 1.54) is 12.1 Å². The summed E-state index contributed by atoms with van der Waals surface area (Å²) in [5.74, 6) is -0.999. The monoisotopic (exact) mass is 278 g/mol. The summed E-state index contributed by atoms with van der Waals surface area (Å²) in [5.41, 5.74) is 0. The van der Waals surface area contributed by atoms with Crippen LogP contribution in [0.4, 0.5) is 0 Å². The Morgan fingerprint density at radius 1 is 1.32 bits per heavy atom. The lowest BCUT2D eigenvalue weighted by Gasteiger charge is -2.29. The SMILES string of the molecule is C=C[C@H]1C[C@@H]2C[C@@]1(S(=O)(=O)c1ccccc1)C(=O)O2. The molecule has 1 saturated heterocycles. The van der Waals surface area contributed by atoms with E-state index in [9.17, 15) is 13.2 Å². The molecule has 3 rings (SSSR count). The van der Waals surface area contributed by atoms with Crippen molar-refractivity contribution in [2.45, 2.75) is 28.6 Å². The van der Waals surface area contributed by atoms with Crippen LogP contribution in [0.1, 0.15) is 12.8 Å². The third kappa shape index (κ3) is 1.45. The van der Waals surface area contributed by atoms with Gasteiger partial charge in [0.15, 0.2) is 14.6 Å². The molecule has 1 heterocycles. The zero-order chi connectivity index (χ0) is 13.7. The molecule has 2 bridgehead atoms. The normalized spacial score (nSPS) is 33.2. The molecule has 0 radical (unpaired) electrons. The number of esters is 1. The van der Waals surface area contributed by atoms with Crippen molar-refractivity contribution in [2.24, 2.45) is 5.92 Å². The fraction of sp³-hybridized carbons (Fsp3) is 0.357. The van der Waals surface area contributed by atoms with Crippen LogP contribution in [0, 0.1) is 5.92 Å². The first-order valence-electron chi connectivity index (χ1n) is 6.15. The van der Waals surface area contributed by atoms with Crippen LogP contribution >= 0.6 is 0 Å². The van der Waals surface area contributed by atoms with Crippen molar-refractivity contribution >= 4 is 15.8 Å². The van der Waals surface area contributed by atoms with Gasteiger partial charge in [-0.05, 0) is 18.6 Å². The molecule has 2 aliphatic rings. The van der Waals surface area contributed by atoms with Gasteiger partial charge in [0.05, 0.1) is 4.90 Å². The number of rotatable bonds is 3. The van der Waals surface area contributed by atoms with Crippen LogP contribution < -0.4 is 0 Å². The van der Waals surface area contributed by atoms with E-state index >= 15 is 0 Å². The second-order valence-corrected chi connectivity index (χ2v) is 7.22. The van der Waals surface area contributed by atoms with Gasteiger partial charge in [0.2, 0.25) is 0 Å². The van der Waals surface area contributed by atoms with Gasteiger partial charge in [-0.15, -0.1) is 6.58 Å². The van der Waals surface area contributed by atoms with Crippen molar-refractivity contribution in [3.05, 3.63) is 43.0 Å². The van der Waals surface area contributed by atoms with Gasteiger partial charge in [0.1, 0.15) is 6.10 Å². The Bertz CT molecular complexity index is 635. The van der Waals surface area contributed by atoms with Crippen molar-refractivity contribution in [1.29, 1.82) is 0 Å².